The number of fused-ring (bicyclic) bond motifs is 3. The molecule has 1 aliphatic rings. The fraction of sp³-hybridized carbons (Fsp3) is 0.286. The van der Waals surface area contributed by atoms with Crippen molar-refractivity contribution in [3.05, 3.63) is 48.2 Å². The van der Waals surface area contributed by atoms with E-state index in [0.29, 0.717) is 0 Å². The van der Waals surface area contributed by atoms with E-state index < -0.39 is 0 Å². The summed E-state index contributed by atoms with van der Waals surface area (Å²) in [4.78, 5) is 5.95. The predicted molar refractivity (Wildman–Crippen MR) is 67.5 cm³/mol. The first-order valence-corrected chi connectivity index (χ1v) is 5.80. The van der Waals surface area contributed by atoms with Crippen molar-refractivity contribution in [1.82, 2.24) is 9.88 Å². The monoisotopic (exact) mass is 212 g/mol. The Morgan fingerprint density at radius 2 is 2.25 bits per heavy atom. The highest BCUT2D eigenvalue weighted by Gasteiger charge is 2.18. The van der Waals surface area contributed by atoms with Gasteiger partial charge in [-0.25, -0.2) is 0 Å². The van der Waals surface area contributed by atoms with Crippen molar-refractivity contribution >= 4 is 10.9 Å². The summed E-state index contributed by atoms with van der Waals surface area (Å²) in [6, 6.07) is 8.58. The van der Waals surface area contributed by atoms with Crippen molar-refractivity contribution in [3.63, 3.8) is 0 Å². The molecule has 1 aromatic heterocycles. The molecule has 0 aliphatic carbocycles. The molecule has 0 bridgehead atoms. The van der Waals surface area contributed by atoms with Gasteiger partial charge in [0.15, 0.2) is 0 Å². The largest absolute Gasteiger partial charge is 0.357 e. The van der Waals surface area contributed by atoms with Gasteiger partial charge in [0.25, 0.3) is 0 Å². The third-order valence-electron chi connectivity index (χ3n) is 3.35. The van der Waals surface area contributed by atoms with Crippen LogP contribution in [-0.2, 0) is 13.0 Å². The Labute approximate surface area is 95.6 Å². The normalized spacial score (nSPS) is 16.2. The Bertz CT molecular complexity index is 525. The van der Waals surface area contributed by atoms with E-state index in [1.54, 1.807) is 0 Å². The first-order chi connectivity index (χ1) is 7.88. The number of hydrogen-bond donors (Lipinski definition) is 1. The Kier molecular flexibility index (Phi) is 2.29. The zero-order valence-electron chi connectivity index (χ0n) is 9.37. The summed E-state index contributed by atoms with van der Waals surface area (Å²) in [5.41, 5.74) is 4.16. The number of aromatic nitrogens is 1. The fourth-order valence-corrected chi connectivity index (χ4v) is 2.59. The number of rotatable bonds is 2. The summed E-state index contributed by atoms with van der Waals surface area (Å²) >= 11 is 0. The molecular formula is C14H16N2. The van der Waals surface area contributed by atoms with Gasteiger partial charge in [-0.3, -0.25) is 4.90 Å². The number of nitrogens with one attached hydrogen (secondary N) is 1. The highest BCUT2D eigenvalue weighted by Crippen LogP contribution is 2.27. The van der Waals surface area contributed by atoms with Gasteiger partial charge in [0.2, 0.25) is 0 Å². The molecule has 1 aromatic carbocycles. The summed E-state index contributed by atoms with van der Waals surface area (Å²) < 4.78 is 0. The van der Waals surface area contributed by atoms with Crippen LogP contribution >= 0.6 is 0 Å². The zero-order chi connectivity index (χ0) is 11.0. The van der Waals surface area contributed by atoms with Gasteiger partial charge in [-0.05, 0) is 18.1 Å². The Morgan fingerprint density at radius 3 is 3.12 bits per heavy atom. The zero-order valence-corrected chi connectivity index (χ0v) is 9.37. The van der Waals surface area contributed by atoms with Crippen molar-refractivity contribution in [2.75, 3.05) is 13.1 Å². The minimum absolute atomic E-state index is 0.981. The van der Waals surface area contributed by atoms with Gasteiger partial charge in [0, 0.05) is 36.2 Å². The van der Waals surface area contributed by atoms with Gasteiger partial charge < -0.3 is 4.98 Å². The molecule has 3 rings (SSSR count). The minimum Gasteiger partial charge on any atom is -0.357 e. The summed E-state index contributed by atoms with van der Waals surface area (Å²) in [7, 11) is 0. The first-order valence-electron chi connectivity index (χ1n) is 5.80. The van der Waals surface area contributed by atoms with Crippen molar-refractivity contribution in [2.45, 2.75) is 13.0 Å². The summed E-state index contributed by atoms with van der Waals surface area (Å²) in [6.07, 6.45) is 3.13. The van der Waals surface area contributed by atoms with Gasteiger partial charge in [-0.2, -0.15) is 0 Å². The van der Waals surface area contributed by atoms with Crippen LogP contribution < -0.4 is 0 Å². The quantitative estimate of drug-likeness (QED) is 0.758. The molecule has 0 radical (unpaired) electrons. The minimum atomic E-state index is 0.981. The Balaban J connectivity index is 2.02. The van der Waals surface area contributed by atoms with E-state index in [1.165, 1.54) is 22.2 Å². The lowest BCUT2D eigenvalue weighted by molar-refractivity contribution is 0.279. The predicted octanol–water partition coefficient (Wildman–Crippen LogP) is 2.71. The molecule has 0 fully saturated rings. The number of benzene rings is 1. The molecule has 0 amide bonds. The van der Waals surface area contributed by atoms with Crippen molar-refractivity contribution in [1.29, 1.82) is 0 Å². The summed E-state index contributed by atoms with van der Waals surface area (Å²) in [5, 5.41) is 1.40. The molecule has 1 N–H and O–H groups in total. The lowest BCUT2D eigenvalue weighted by Gasteiger charge is -2.25. The second kappa shape index (κ2) is 3.80. The standard InChI is InChI=1S/C14H16N2/c1-2-8-16-9-7-12-11-5-3-4-6-13(11)15-14(12)10-16/h2-6,15H,1,7-10H2. The third-order valence-corrected chi connectivity index (χ3v) is 3.35. The second-order valence-electron chi connectivity index (χ2n) is 4.40. The smallest absolute Gasteiger partial charge is 0.0459 e. The molecular weight excluding hydrogens is 196 g/mol. The van der Waals surface area contributed by atoms with Gasteiger partial charge >= 0.3 is 0 Å². The van der Waals surface area contributed by atoms with Crippen LogP contribution in [0.15, 0.2) is 36.9 Å². The van der Waals surface area contributed by atoms with Crippen LogP contribution in [0.3, 0.4) is 0 Å². The van der Waals surface area contributed by atoms with Gasteiger partial charge in [-0.1, -0.05) is 24.3 Å². The molecule has 0 unspecified atom stereocenters. The lowest BCUT2D eigenvalue weighted by atomic mass is 10.0. The van der Waals surface area contributed by atoms with Crippen LogP contribution in [0.4, 0.5) is 0 Å². The van der Waals surface area contributed by atoms with E-state index in [-0.39, 0.29) is 0 Å². The topological polar surface area (TPSA) is 19.0 Å². The highest BCUT2D eigenvalue weighted by atomic mass is 15.1. The molecule has 0 saturated carbocycles. The van der Waals surface area contributed by atoms with Gasteiger partial charge in [-0.15, -0.1) is 6.58 Å². The SMILES string of the molecule is C=CCN1CCc2c([nH]c3ccccc23)C1. The van der Waals surface area contributed by atoms with E-state index in [1.807, 2.05) is 6.08 Å². The number of hydrogen-bond acceptors (Lipinski definition) is 1. The molecule has 16 heavy (non-hydrogen) atoms. The van der Waals surface area contributed by atoms with Crippen LogP contribution in [0.5, 0.6) is 0 Å². The van der Waals surface area contributed by atoms with Crippen LogP contribution in [-0.4, -0.2) is 23.0 Å². The first kappa shape index (κ1) is 9.67. The third kappa shape index (κ3) is 1.46. The number of H-pyrrole nitrogens is 1. The Hall–Kier alpha value is -1.54. The van der Waals surface area contributed by atoms with Crippen molar-refractivity contribution < 1.29 is 0 Å². The maximum Gasteiger partial charge on any atom is 0.0459 e. The summed E-state index contributed by atoms with van der Waals surface area (Å²) in [5.74, 6) is 0. The maximum atomic E-state index is 3.80. The lowest BCUT2D eigenvalue weighted by Crippen LogP contribution is -2.30. The number of nitrogens with zero attached hydrogens (tertiary/aromatic N) is 1. The average molecular weight is 212 g/mol. The van der Waals surface area contributed by atoms with Crippen LogP contribution in [0.1, 0.15) is 11.3 Å². The molecule has 2 aromatic rings. The van der Waals surface area contributed by atoms with E-state index in [9.17, 15) is 0 Å². The molecule has 82 valence electrons. The molecule has 2 heteroatoms. The van der Waals surface area contributed by atoms with Crippen LogP contribution in [0, 0.1) is 0 Å². The molecule has 2 heterocycles. The van der Waals surface area contributed by atoms with Gasteiger partial charge in [0.1, 0.15) is 0 Å². The van der Waals surface area contributed by atoms with Crippen LogP contribution in [0.2, 0.25) is 0 Å². The molecule has 0 saturated heterocycles. The summed E-state index contributed by atoms with van der Waals surface area (Å²) in [6.45, 7) is 6.95. The fourth-order valence-electron chi connectivity index (χ4n) is 2.59. The highest BCUT2D eigenvalue weighted by molar-refractivity contribution is 5.84. The van der Waals surface area contributed by atoms with E-state index in [2.05, 4.69) is 40.7 Å². The molecule has 0 spiro atoms. The number of para-hydroxylation sites is 1. The van der Waals surface area contributed by atoms with Crippen molar-refractivity contribution in [3.8, 4) is 0 Å². The van der Waals surface area contributed by atoms with Crippen molar-refractivity contribution in [2.24, 2.45) is 0 Å². The van der Waals surface area contributed by atoms with Gasteiger partial charge in [0.05, 0.1) is 0 Å². The molecule has 0 atom stereocenters. The maximum absolute atomic E-state index is 3.80. The Morgan fingerprint density at radius 1 is 1.38 bits per heavy atom. The number of aromatic amines is 1. The molecule has 2 nitrogen and oxygen atoms in total. The second-order valence-corrected chi connectivity index (χ2v) is 4.40. The van der Waals surface area contributed by atoms with Crippen LogP contribution in [0.25, 0.3) is 10.9 Å². The average Bonchev–Trinajstić information content (AvgIpc) is 2.67. The van der Waals surface area contributed by atoms with E-state index in [0.717, 1.165) is 26.1 Å². The molecule has 1 aliphatic heterocycles. The van der Waals surface area contributed by atoms with E-state index >= 15 is 0 Å². The van der Waals surface area contributed by atoms with E-state index in [4.69, 9.17) is 0 Å².